The van der Waals surface area contributed by atoms with Gasteiger partial charge in [-0.2, -0.15) is 0 Å². The average molecular weight is 564 g/mol. The Balaban J connectivity index is 1.85. The predicted molar refractivity (Wildman–Crippen MR) is 144 cm³/mol. The van der Waals surface area contributed by atoms with Crippen LogP contribution in [0.15, 0.2) is 76.8 Å². The highest BCUT2D eigenvalue weighted by molar-refractivity contribution is 9.10. The van der Waals surface area contributed by atoms with Gasteiger partial charge in [0.1, 0.15) is 11.5 Å². The molecule has 0 saturated carbocycles. The molecule has 1 unspecified atom stereocenters. The number of carbonyl (C=O) groups is 3. The Morgan fingerprint density at radius 2 is 1.68 bits per heavy atom. The molecule has 0 aliphatic carbocycles. The molecule has 1 heterocycles. The van der Waals surface area contributed by atoms with Gasteiger partial charge in [0.2, 0.25) is 0 Å². The molecule has 1 saturated heterocycles. The standard InChI is InChI=1S/C29H26BrNO6/c1-16(2)37-29(35)18-8-11-21(12-9-18)31-25(19-7-5-6-17(3)14-19)24(27(33)28(31)34)26(32)20-10-13-23(36-4)22(30)15-20/h5-16,25,32H,1-4H3/b26-24-. The summed E-state index contributed by atoms with van der Waals surface area (Å²) >= 11 is 3.40. The number of Topliss-reactive ketones (excluding diaryl/α,β-unsaturated/α-hetero) is 1. The number of halogens is 1. The highest BCUT2D eigenvalue weighted by Crippen LogP contribution is 2.43. The number of nitrogens with zero attached hydrogens (tertiary/aromatic N) is 1. The highest BCUT2D eigenvalue weighted by Gasteiger charge is 2.47. The first-order valence-corrected chi connectivity index (χ1v) is 12.4. The summed E-state index contributed by atoms with van der Waals surface area (Å²) in [6, 6.07) is 17.7. The first kappa shape index (κ1) is 26.2. The van der Waals surface area contributed by atoms with E-state index >= 15 is 0 Å². The lowest BCUT2D eigenvalue weighted by molar-refractivity contribution is -0.132. The Morgan fingerprint density at radius 3 is 2.27 bits per heavy atom. The molecule has 0 bridgehead atoms. The van der Waals surface area contributed by atoms with Gasteiger partial charge in [0.15, 0.2) is 0 Å². The number of rotatable bonds is 6. The summed E-state index contributed by atoms with van der Waals surface area (Å²) < 4.78 is 11.1. The maximum Gasteiger partial charge on any atom is 0.338 e. The van der Waals surface area contributed by atoms with Crippen molar-refractivity contribution < 1.29 is 29.0 Å². The molecule has 4 rings (SSSR count). The van der Waals surface area contributed by atoms with E-state index in [1.807, 2.05) is 31.2 Å². The van der Waals surface area contributed by atoms with Crippen molar-refractivity contribution in [3.05, 3.63) is 99.0 Å². The third-order valence-corrected chi connectivity index (χ3v) is 6.57. The molecule has 0 spiro atoms. The number of ketones is 1. The summed E-state index contributed by atoms with van der Waals surface area (Å²) in [5.41, 5.74) is 2.65. The van der Waals surface area contributed by atoms with Crippen molar-refractivity contribution in [3.8, 4) is 5.75 Å². The first-order valence-electron chi connectivity index (χ1n) is 11.6. The molecule has 7 nitrogen and oxygen atoms in total. The van der Waals surface area contributed by atoms with E-state index in [2.05, 4.69) is 15.9 Å². The number of aliphatic hydroxyl groups is 1. The average Bonchev–Trinajstić information content (AvgIpc) is 3.13. The minimum atomic E-state index is -0.880. The van der Waals surface area contributed by atoms with Crippen LogP contribution in [0, 0.1) is 6.92 Å². The van der Waals surface area contributed by atoms with Crippen LogP contribution in [-0.2, 0) is 14.3 Å². The summed E-state index contributed by atoms with van der Waals surface area (Å²) in [7, 11) is 1.52. The lowest BCUT2D eigenvalue weighted by Crippen LogP contribution is -2.29. The van der Waals surface area contributed by atoms with Crippen LogP contribution in [0.25, 0.3) is 5.76 Å². The fraction of sp³-hybridized carbons (Fsp3) is 0.207. The maximum absolute atomic E-state index is 13.4. The molecule has 0 radical (unpaired) electrons. The number of hydrogen-bond acceptors (Lipinski definition) is 6. The van der Waals surface area contributed by atoms with E-state index in [0.29, 0.717) is 32.6 Å². The smallest absolute Gasteiger partial charge is 0.338 e. The van der Waals surface area contributed by atoms with Crippen LogP contribution in [0.5, 0.6) is 5.75 Å². The van der Waals surface area contributed by atoms with Gasteiger partial charge in [-0.3, -0.25) is 14.5 Å². The molecular formula is C29H26BrNO6. The maximum atomic E-state index is 13.4. The second kappa shape index (κ2) is 10.6. The molecule has 3 aromatic carbocycles. The summed E-state index contributed by atoms with van der Waals surface area (Å²) in [4.78, 5) is 40.4. The Hall–Kier alpha value is -3.91. The molecule has 8 heteroatoms. The van der Waals surface area contributed by atoms with Crippen molar-refractivity contribution in [1.29, 1.82) is 0 Å². The van der Waals surface area contributed by atoms with Gasteiger partial charge >= 0.3 is 5.97 Å². The summed E-state index contributed by atoms with van der Waals surface area (Å²) in [5, 5.41) is 11.3. The number of amides is 1. The normalized spacial score (nSPS) is 16.8. The van der Waals surface area contributed by atoms with Gasteiger partial charge in [0.25, 0.3) is 11.7 Å². The van der Waals surface area contributed by atoms with Gasteiger partial charge in [-0.15, -0.1) is 0 Å². The van der Waals surface area contributed by atoms with Crippen molar-refractivity contribution in [1.82, 2.24) is 0 Å². The Kier molecular flexibility index (Phi) is 7.50. The molecule has 1 atom stereocenters. The number of methoxy groups -OCH3 is 1. The van der Waals surface area contributed by atoms with Gasteiger partial charge in [0, 0.05) is 11.3 Å². The van der Waals surface area contributed by atoms with Crippen LogP contribution in [0.4, 0.5) is 5.69 Å². The van der Waals surface area contributed by atoms with E-state index in [4.69, 9.17) is 9.47 Å². The van der Waals surface area contributed by atoms with Gasteiger partial charge in [-0.1, -0.05) is 29.8 Å². The fourth-order valence-electron chi connectivity index (χ4n) is 4.26. The molecule has 190 valence electrons. The van der Waals surface area contributed by atoms with Crippen molar-refractivity contribution in [2.45, 2.75) is 32.9 Å². The van der Waals surface area contributed by atoms with E-state index in [0.717, 1.165) is 5.56 Å². The third kappa shape index (κ3) is 5.15. The summed E-state index contributed by atoms with van der Waals surface area (Å²) in [5.74, 6) is -1.81. The fourth-order valence-corrected chi connectivity index (χ4v) is 4.80. The number of esters is 1. The largest absolute Gasteiger partial charge is 0.507 e. The van der Waals surface area contributed by atoms with Crippen molar-refractivity contribution >= 4 is 45.0 Å². The second-order valence-electron chi connectivity index (χ2n) is 8.93. The zero-order valence-electron chi connectivity index (χ0n) is 20.8. The van der Waals surface area contributed by atoms with Crippen LogP contribution < -0.4 is 9.64 Å². The molecule has 3 aromatic rings. The van der Waals surface area contributed by atoms with E-state index in [1.165, 1.54) is 12.0 Å². The van der Waals surface area contributed by atoms with Gasteiger partial charge in [-0.05, 0) is 84.7 Å². The van der Waals surface area contributed by atoms with Gasteiger partial charge in [0.05, 0.1) is 34.9 Å². The third-order valence-electron chi connectivity index (χ3n) is 5.95. The molecule has 0 aromatic heterocycles. The number of carbonyl (C=O) groups excluding carboxylic acids is 3. The van der Waals surface area contributed by atoms with Crippen LogP contribution in [0.1, 0.15) is 46.9 Å². The quantitative estimate of drug-likeness (QED) is 0.172. The summed E-state index contributed by atoms with van der Waals surface area (Å²) in [6.07, 6.45) is -0.274. The number of benzene rings is 3. The topological polar surface area (TPSA) is 93.1 Å². The number of aliphatic hydroxyl groups excluding tert-OH is 1. The number of ether oxygens (including phenoxy) is 2. The van der Waals surface area contributed by atoms with E-state index in [-0.39, 0.29) is 17.4 Å². The minimum Gasteiger partial charge on any atom is -0.507 e. The zero-order valence-corrected chi connectivity index (χ0v) is 22.4. The second-order valence-corrected chi connectivity index (χ2v) is 9.79. The molecule has 1 fully saturated rings. The molecule has 1 amide bonds. The lowest BCUT2D eigenvalue weighted by Gasteiger charge is -2.26. The van der Waals surface area contributed by atoms with Crippen LogP contribution in [0.2, 0.25) is 0 Å². The number of hydrogen-bond donors (Lipinski definition) is 1. The molecule has 37 heavy (non-hydrogen) atoms. The van der Waals surface area contributed by atoms with Crippen molar-refractivity contribution in [2.24, 2.45) is 0 Å². The van der Waals surface area contributed by atoms with E-state index < -0.39 is 23.7 Å². The molecule has 1 aliphatic rings. The molecule has 1 aliphatic heterocycles. The zero-order chi connectivity index (χ0) is 26.9. The Bertz CT molecular complexity index is 1410. The monoisotopic (exact) mass is 563 g/mol. The summed E-state index contributed by atoms with van der Waals surface area (Å²) in [6.45, 7) is 5.43. The minimum absolute atomic E-state index is 0.0315. The van der Waals surface area contributed by atoms with Crippen LogP contribution >= 0.6 is 15.9 Å². The molecule has 1 N–H and O–H groups in total. The predicted octanol–water partition coefficient (Wildman–Crippen LogP) is 5.96. The van der Waals surface area contributed by atoms with Crippen LogP contribution in [-0.4, -0.2) is 36.0 Å². The Labute approximate surface area is 223 Å². The van der Waals surface area contributed by atoms with E-state index in [1.54, 1.807) is 56.3 Å². The van der Waals surface area contributed by atoms with Crippen molar-refractivity contribution in [2.75, 3.05) is 12.0 Å². The first-order chi connectivity index (χ1) is 17.6. The highest BCUT2D eigenvalue weighted by atomic mass is 79.9. The van der Waals surface area contributed by atoms with Gasteiger partial charge in [-0.25, -0.2) is 4.79 Å². The lowest BCUT2D eigenvalue weighted by atomic mass is 9.94. The number of aryl methyl sites for hydroxylation is 1. The SMILES string of the molecule is COc1ccc(/C(O)=C2/C(=O)C(=O)N(c3ccc(C(=O)OC(C)C)cc3)C2c2cccc(C)c2)cc1Br. The Morgan fingerprint density at radius 1 is 1.00 bits per heavy atom. The van der Waals surface area contributed by atoms with Crippen molar-refractivity contribution in [3.63, 3.8) is 0 Å². The molecular weight excluding hydrogens is 538 g/mol. The van der Waals surface area contributed by atoms with Gasteiger partial charge < -0.3 is 14.6 Å². The number of anilines is 1. The van der Waals surface area contributed by atoms with E-state index in [9.17, 15) is 19.5 Å². The van der Waals surface area contributed by atoms with Crippen LogP contribution in [0.3, 0.4) is 0 Å².